The number of nitrogens with zero attached hydrogens (tertiary/aromatic N) is 1. The first kappa shape index (κ1) is 12.6. The molecule has 1 N–H and O–H groups in total. The molecule has 0 spiro atoms. The van der Waals surface area contributed by atoms with Crippen LogP contribution in [0.4, 0.5) is 0 Å². The van der Waals surface area contributed by atoms with Gasteiger partial charge in [-0.2, -0.15) is 5.26 Å². The number of carboxylic acid groups (broad SMARTS) is 1. The van der Waals surface area contributed by atoms with Crippen molar-refractivity contribution in [2.75, 3.05) is 0 Å². The van der Waals surface area contributed by atoms with E-state index in [-0.39, 0.29) is 5.56 Å². The highest BCUT2D eigenvalue weighted by atomic mass is 16.4. The largest absolute Gasteiger partial charge is 0.478 e. The zero-order chi connectivity index (χ0) is 13.3. The van der Waals surface area contributed by atoms with E-state index >= 15 is 0 Å². The fraction of sp³-hybridized carbons (Fsp3) is 0.467. The van der Waals surface area contributed by atoms with Crippen LogP contribution in [0.2, 0.25) is 0 Å². The Hall–Kier alpha value is -1.82. The molecule has 0 saturated heterocycles. The number of benzene rings is 1. The van der Waals surface area contributed by atoms with Gasteiger partial charge in [-0.25, -0.2) is 4.79 Å². The van der Waals surface area contributed by atoms with Crippen LogP contribution in [-0.2, 0) is 6.42 Å². The lowest BCUT2D eigenvalue weighted by Gasteiger charge is -2.29. The normalized spacial score (nSPS) is 14.9. The second-order valence-corrected chi connectivity index (χ2v) is 4.89. The van der Waals surface area contributed by atoms with E-state index in [1.54, 1.807) is 6.07 Å². The first-order valence-electron chi connectivity index (χ1n) is 6.39. The van der Waals surface area contributed by atoms with Crippen molar-refractivity contribution >= 4 is 5.97 Å². The lowest BCUT2D eigenvalue weighted by Crippen LogP contribution is -2.16. The Labute approximate surface area is 107 Å². The Bertz CT molecular complexity index is 536. The molecule has 0 atom stereocenters. The summed E-state index contributed by atoms with van der Waals surface area (Å²) in [4.78, 5) is 11.3. The summed E-state index contributed by atoms with van der Waals surface area (Å²) in [5.41, 5.74) is 3.81. The van der Waals surface area contributed by atoms with Gasteiger partial charge in [-0.05, 0) is 54.9 Å². The SMILES string of the molecule is CCc1c(C(=O)O)cc(C#N)c(C2CCC2)c1C. The number of carbonyl (C=O) groups is 1. The smallest absolute Gasteiger partial charge is 0.336 e. The van der Waals surface area contributed by atoms with Gasteiger partial charge in [0.2, 0.25) is 0 Å². The van der Waals surface area contributed by atoms with Crippen molar-refractivity contribution in [3.05, 3.63) is 33.9 Å². The number of nitriles is 1. The Morgan fingerprint density at radius 3 is 2.61 bits per heavy atom. The van der Waals surface area contributed by atoms with Crippen molar-refractivity contribution in [2.24, 2.45) is 0 Å². The molecule has 0 unspecified atom stereocenters. The lowest BCUT2D eigenvalue weighted by molar-refractivity contribution is 0.0695. The predicted molar refractivity (Wildman–Crippen MR) is 68.8 cm³/mol. The molecule has 0 radical (unpaired) electrons. The summed E-state index contributed by atoms with van der Waals surface area (Å²) >= 11 is 0. The minimum atomic E-state index is -0.938. The summed E-state index contributed by atoms with van der Waals surface area (Å²) in [6.07, 6.45) is 4.13. The van der Waals surface area contributed by atoms with E-state index in [9.17, 15) is 15.2 Å². The molecule has 2 rings (SSSR count). The van der Waals surface area contributed by atoms with E-state index in [0.717, 1.165) is 29.5 Å². The van der Waals surface area contributed by atoms with Gasteiger partial charge >= 0.3 is 5.97 Å². The van der Waals surface area contributed by atoms with Crippen molar-refractivity contribution in [1.82, 2.24) is 0 Å². The molecule has 1 fully saturated rings. The van der Waals surface area contributed by atoms with Crippen LogP contribution < -0.4 is 0 Å². The number of aromatic carboxylic acids is 1. The fourth-order valence-corrected chi connectivity index (χ4v) is 2.84. The maximum absolute atomic E-state index is 11.3. The minimum Gasteiger partial charge on any atom is -0.478 e. The lowest BCUT2D eigenvalue weighted by atomic mass is 9.74. The van der Waals surface area contributed by atoms with E-state index in [1.807, 2.05) is 13.8 Å². The molecule has 1 aromatic carbocycles. The maximum atomic E-state index is 11.3. The molecule has 94 valence electrons. The van der Waals surface area contributed by atoms with E-state index in [2.05, 4.69) is 6.07 Å². The zero-order valence-corrected chi connectivity index (χ0v) is 10.8. The Balaban J connectivity index is 2.66. The highest BCUT2D eigenvalue weighted by molar-refractivity contribution is 5.90. The third-order valence-corrected chi connectivity index (χ3v) is 3.98. The first-order chi connectivity index (χ1) is 8.60. The molecule has 1 saturated carbocycles. The van der Waals surface area contributed by atoms with Crippen molar-refractivity contribution < 1.29 is 9.90 Å². The van der Waals surface area contributed by atoms with E-state index < -0.39 is 5.97 Å². The minimum absolute atomic E-state index is 0.287. The topological polar surface area (TPSA) is 61.1 Å². The number of rotatable bonds is 3. The van der Waals surface area contributed by atoms with Crippen molar-refractivity contribution in [1.29, 1.82) is 5.26 Å². The Morgan fingerprint density at radius 1 is 1.56 bits per heavy atom. The Morgan fingerprint density at radius 2 is 2.22 bits per heavy atom. The van der Waals surface area contributed by atoms with Gasteiger partial charge in [0.1, 0.15) is 0 Å². The van der Waals surface area contributed by atoms with E-state index in [1.165, 1.54) is 6.42 Å². The molecule has 1 aromatic rings. The second-order valence-electron chi connectivity index (χ2n) is 4.89. The van der Waals surface area contributed by atoms with Crippen LogP contribution in [0.1, 0.15) is 64.7 Å². The maximum Gasteiger partial charge on any atom is 0.336 e. The van der Waals surface area contributed by atoms with Gasteiger partial charge in [-0.1, -0.05) is 13.3 Å². The molecular formula is C15H17NO2. The summed E-state index contributed by atoms with van der Waals surface area (Å²) < 4.78 is 0. The summed E-state index contributed by atoms with van der Waals surface area (Å²) in [6.45, 7) is 3.92. The first-order valence-corrected chi connectivity index (χ1v) is 6.39. The summed E-state index contributed by atoms with van der Waals surface area (Å²) in [5, 5.41) is 18.5. The molecule has 3 nitrogen and oxygen atoms in total. The second kappa shape index (κ2) is 4.81. The Kier molecular flexibility index (Phi) is 3.38. The average molecular weight is 243 g/mol. The highest BCUT2D eigenvalue weighted by Gasteiger charge is 2.27. The average Bonchev–Trinajstić information content (AvgIpc) is 2.28. The zero-order valence-electron chi connectivity index (χ0n) is 10.8. The number of carboxylic acids is 1. The van der Waals surface area contributed by atoms with Gasteiger partial charge in [0.25, 0.3) is 0 Å². The summed E-state index contributed by atoms with van der Waals surface area (Å²) in [5.74, 6) is -0.487. The van der Waals surface area contributed by atoms with E-state index in [4.69, 9.17) is 0 Å². The molecule has 0 bridgehead atoms. The third kappa shape index (κ3) is 1.88. The van der Waals surface area contributed by atoms with Gasteiger partial charge in [0.05, 0.1) is 17.2 Å². The molecule has 0 aliphatic heterocycles. The fourth-order valence-electron chi connectivity index (χ4n) is 2.84. The third-order valence-electron chi connectivity index (χ3n) is 3.98. The van der Waals surface area contributed by atoms with Gasteiger partial charge in [-0.3, -0.25) is 0 Å². The monoisotopic (exact) mass is 243 g/mol. The van der Waals surface area contributed by atoms with Gasteiger partial charge < -0.3 is 5.11 Å². The highest BCUT2D eigenvalue weighted by Crippen LogP contribution is 2.41. The van der Waals surface area contributed by atoms with Gasteiger partial charge in [-0.15, -0.1) is 0 Å². The van der Waals surface area contributed by atoms with Crippen LogP contribution in [0.15, 0.2) is 6.07 Å². The molecule has 1 aliphatic rings. The van der Waals surface area contributed by atoms with E-state index in [0.29, 0.717) is 17.9 Å². The summed E-state index contributed by atoms with van der Waals surface area (Å²) in [7, 11) is 0. The van der Waals surface area contributed by atoms with Crippen LogP contribution in [0, 0.1) is 18.3 Å². The molecule has 3 heteroatoms. The molecule has 0 amide bonds. The van der Waals surface area contributed by atoms with Crippen LogP contribution in [0.3, 0.4) is 0 Å². The van der Waals surface area contributed by atoms with Crippen molar-refractivity contribution in [3.8, 4) is 6.07 Å². The molecule has 0 heterocycles. The molecular weight excluding hydrogens is 226 g/mol. The summed E-state index contributed by atoms with van der Waals surface area (Å²) in [6, 6.07) is 3.73. The van der Waals surface area contributed by atoms with Crippen molar-refractivity contribution in [2.45, 2.75) is 45.4 Å². The van der Waals surface area contributed by atoms with Gasteiger partial charge in [0, 0.05) is 0 Å². The van der Waals surface area contributed by atoms with Crippen LogP contribution in [0.5, 0.6) is 0 Å². The molecule has 18 heavy (non-hydrogen) atoms. The molecule has 1 aliphatic carbocycles. The van der Waals surface area contributed by atoms with Gasteiger partial charge in [0.15, 0.2) is 0 Å². The number of hydrogen-bond donors (Lipinski definition) is 1. The predicted octanol–water partition coefficient (Wildman–Crippen LogP) is 3.39. The van der Waals surface area contributed by atoms with Crippen LogP contribution >= 0.6 is 0 Å². The quantitative estimate of drug-likeness (QED) is 0.885. The number of hydrogen-bond acceptors (Lipinski definition) is 2. The molecule has 0 aromatic heterocycles. The van der Waals surface area contributed by atoms with Crippen molar-refractivity contribution in [3.63, 3.8) is 0 Å². The van der Waals surface area contributed by atoms with Crippen LogP contribution in [-0.4, -0.2) is 11.1 Å². The van der Waals surface area contributed by atoms with Crippen LogP contribution in [0.25, 0.3) is 0 Å². The standard InChI is InChI=1S/C15H17NO2/c1-3-12-9(2)14(10-5-4-6-10)11(8-16)7-13(12)15(17)18/h7,10H,3-6H2,1-2H3,(H,17,18).